The molecule has 0 aliphatic carbocycles. The standard InChI is InChI=1S/C16H17N7O4/c17-5-12-19-6-11(7-20-12)23-16(27)15(26)21-8-13(24)22-10-3-1-2-9(4-10)14(18)25/h1-4,6-7H,5,8,17H2,(H2,18,25)(H,21,26)(H,22,24)(H,23,27). The van der Waals surface area contributed by atoms with E-state index in [0.29, 0.717) is 11.5 Å². The molecular weight excluding hydrogens is 354 g/mol. The number of carbonyl (C=O) groups excluding carboxylic acids is 4. The summed E-state index contributed by atoms with van der Waals surface area (Å²) >= 11 is 0. The average Bonchev–Trinajstić information content (AvgIpc) is 2.66. The molecule has 0 saturated carbocycles. The summed E-state index contributed by atoms with van der Waals surface area (Å²) in [7, 11) is 0. The van der Waals surface area contributed by atoms with Crippen molar-refractivity contribution in [1.82, 2.24) is 15.3 Å². The van der Waals surface area contributed by atoms with Gasteiger partial charge in [-0.3, -0.25) is 19.2 Å². The molecule has 7 N–H and O–H groups in total. The molecule has 0 aliphatic heterocycles. The van der Waals surface area contributed by atoms with E-state index in [1.165, 1.54) is 24.5 Å². The SMILES string of the molecule is NCc1ncc(NC(=O)C(=O)NCC(=O)Nc2cccc(C(N)=O)c2)cn1. The molecule has 0 atom stereocenters. The van der Waals surface area contributed by atoms with Crippen LogP contribution in [0.3, 0.4) is 0 Å². The molecule has 1 aromatic carbocycles. The van der Waals surface area contributed by atoms with Crippen LogP contribution in [0.15, 0.2) is 36.7 Å². The maximum absolute atomic E-state index is 11.8. The molecule has 140 valence electrons. The van der Waals surface area contributed by atoms with Crippen molar-refractivity contribution in [2.45, 2.75) is 6.54 Å². The average molecular weight is 371 g/mol. The van der Waals surface area contributed by atoms with Crippen molar-refractivity contribution in [3.63, 3.8) is 0 Å². The summed E-state index contributed by atoms with van der Waals surface area (Å²) < 4.78 is 0. The van der Waals surface area contributed by atoms with Gasteiger partial charge in [0.25, 0.3) is 0 Å². The monoisotopic (exact) mass is 371 g/mol. The molecule has 11 heteroatoms. The van der Waals surface area contributed by atoms with Crippen molar-refractivity contribution < 1.29 is 19.2 Å². The Morgan fingerprint density at radius 1 is 0.963 bits per heavy atom. The summed E-state index contributed by atoms with van der Waals surface area (Å²) in [6, 6.07) is 5.97. The fourth-order valence-corrected chi connectivity index (χ4v) is 1.91. The summed E-state index contributed by atoms with van der Waals surface area (Å²) in [5, 5.41) is 6.92. The maximum Gasteiger partial charge on any atom is 0.313 e. The van der Waals surface area contributed by atoms with Crippen molar-refractivity contribution in [1.29, 1.82) is 0 Å². The van der Waals surface area contributed by atoms with Crippen molar-refractivity contribution >= 4 is 35.0 Å². The van der Waals surface area contributed by atoms with Gasteiger partial charge in [-0.05, 0) is 18.2 Å². The van der Waals surface area contributed by atoms with Gasteiger partial charge in [-0.15, -0.1) is 0 Å². The minimum absolute atomic E-state index is 0.145. The van der Waals surface area contributed by atoms with E-state index < -0.39 is 30.2 Å². The molecule has 27 heavy (non-hydrogen) atoms. The number of hydrogen-bond acceptors (Lipinski definition) is 7. The number of aromatic nitrogens is 2. The zero-order chi connectivity index (χ0) is 19.8. The Balaban J connectivity index is 1.83. The van der Waals surface area contributed by atoms with Gasteiger partial charge >= 0.3 is 11.8 Å². The lowest BCUT2D eigenvalue weighted by atomic mass is 10.2. The maximum atomic E-state index is 11.8. The highest BCUT2D eigenvalue weighted by Gasteiger charge is 2.15. The van der Waals surface area contributed by atoms with Crippen LogP contribution < -0.4 is 27.4 Å². The molecule has 0 fully saturated rings. The van der Waals surface area contributed by atoms with Crippen LogP contribution in [-0.2, 0) is 20.9 Å². The van der Waals surface area contributed by atoms with E-state index in [2.05, 4.69) is 25.9 Å². The van der Waals surface area contributed by atoms with E-state index >= 15 is 0 Å². The first kappa shape index (κ1) is 19.5. The minimum atomic E-state index is -1.01. The fraction of sp³-hybridized carbons (Fsp3) is 0.125. The number of hydrogen-bond donors (Lipinski definition) is 5. The molecule has 2 rings (SSSR count). The smallest absolute Gasteiger partial charge is 0.313 e. The summed E-state index contributed by atoms with van der Waals surface area (Å²) in [5.74, 6) is -2.84. The quantitative estimate of drug-likeness (QED) is 0.392. The third-order valence-corrected chi connectivity index (χ3v) is 3.19. The number of nitrogens with zero attached hydrogens (tertiary/aromatic N) is 2. The van der Waals surface area contributed by atoms with E-state index in [-0.39, 0.29) is 17.8 Å². The lowest BCUT2D eigenvalue weighted by molar-refractivity contribution is -0.136. The molecule has 0 bridgehead atoms. The number of benzene rings is 1. The number of primary amides is 1. The van der Waals surface area contributed by atoms with E-state index in [4.69, 9.17) is 11.5 Å². The highest BCUT2D eigenvalue weighted by atomic mass is 16.2. The molecule has 0 saturated heterocycles. The number of rotatable bonds is 6. The Bertz CT molecular complexity index is 867. The molecule has 0 radical (unpaired) electrons. The lowest BCUT2D eigenvalue weighted by Gasteiger charge is -2.08. The summed E-state index contributed by atoms with van der Waals surface area (Å²) in [4.78, 5) is 54.2. The second-order valence-corrected chi connectivity index (χ2v) is 5.22. The van der Waals surface area contributed by atoms with Gasteiger partial charge in [0.1, 0.15) is 5.82 Å². The molecule has 0 unspecified atom stereocenters. The minimum Gasteiger partial charge on any atom is -0.366 e. The Morgan fingerprint density at radius 2 is 1.67 bits per heavy atom. The van der Waals surface area contributed by atoms with Crippen LogP contribution in [0.25, 0.3) is 0 Å². The van der Waals surface area contributed by atoms with Gasteiger partial charge < -0.3 is 27.4 Å². The van der Waals surface area contributed by atoms with E-state index in [9.17, 15) is 19.2 Å². The van der Waals surface area contributed by atoms with Crippen LogP contribution in [0, 0.1) is 0 Å². The van der Waals surface area contributed by atoms with Crippen molar-refractivity contribution in [2.24, 2.45) is 11.5 Å². The fourth-order valence-electron chi connectivity index (χ4n) is 1.91. The van der Waals surface area contributed by atoms with Crippen LogP contribution in [0.2, 0.25) is 0 Å². The number of amides is 4. The number of carbonyl (C=O) groups is 4. The summed E-state index contributed by atoms with van der Waals surface area (Å²) in [6.07, 6.45) is 2.61. The van der Waals surface area contributed by atoms with Crippen LogP contribution in [-0.4, -0.2) is 40.1 Å². The van der Waals surface area contributed by atoms with Gasteiger partial charge in [-0.1, -0.05) is 6.07 Å². The van der Waals surface area contributed by atoms with Crippen LogP contribution in [0.5, 0.6) is 0 Å². The molecule has 11 nitrogen and oxygen atoms in total. The van der Waals surface area contributed by atoms with Gasteiger partial charge in [0.05, 0.1) is 31.2 Å². The first-order valence-electron chi connectivity index (χ1n) is 7.69. The third-order valence-electron chi connectivity index (χ3n) is 3.19. The zero-order valence-electron chi connectivity index (χ0n) is 14.1. The highest BCUT2D eigenvalue weighted by Crippen LogP contribution is 2.09. The van der Waals surface area contributed by atoms with Crippen LogP contribution in [0.1, 0.15) is 16.2 Å². The molecule has 1 aromatic heterocycles. The normalized spacial score (nSPS) is 9.96. The predicted molar refractivity (Wildman–Crippen MR) is 95.2 cm³/mol. The number of nitrogens with two attached hydrogens (primary N) is 2. The summed E-state index contributed by atoms with van der Waals surface area (Å²) in [5.41, 5.74) is 11.3. The van der Waals surface area contributed by atoms with Crippen LogP contribution >= 0.6 is 0 Å². The number of nitrogens with one attached hydrogen (secondary N) is 3. The van der Waals surface area contributed by atoms with E-state index in [1.54, 1.807) is 12.1 Å². The zero-order valence-corrected chi connectivity index (χ0v) is 14.1. The molecule has 0 aliphatic rings. The molecule has 1 heterocycles. The van der Waals surface area contributed by atoms with Crippen molar-refractivity contribution in [2.75, 3.05) is 17.2 Å². The highest BCUT2D eigenvalue weighted by molar-refractivity contribution is 6.39. The second-order valence-electron chi connectivity index (χ2n) is 5.22. The van der Waals surface area contributed by atoms with Gasteiger partial charge in [0, 0.05) is 11.3 Å². The summed E-state index contributed by atoms with van der Waals surface area (Å²) in [6.45, 7) is -0.304. The number of anilines is 2. The Morgan fingerprint density at radius 3 is 2.30 bits per heavy atom. The first-order chi connectivity index (χ1) is 12.9. The van der Waals surface area contributed by atoms with Crippen molar-refractivity contribution in [3.05, 3.63) is 48.0 Å². The predicted octanol–water partition coefficient (Wildman–Crippen LogP) is -1.27. The van der Waals surface area contributed by atoms with Gasteiger partial charge in [0.2, 0.25) is 11.8 Å². The topological polar surface area (TPSA) is 182 Å². The Labute approximate surface area is 153 Å². The Kier molecular flexibility index (Phi) is 6.49. The first-order valence-corrected chi connectivity index (χ1v) is 7.69. The van der Waals surface area contributed by atoms with E-state index in [0.717, 1.165) is 0 Å². The van der Waals surface area contributed by atoms with Crippen LogP contribution in [0.4, 0.5) is 11.4 Å². The van der Waals surface area contributed by atoms with E-state index in [1.807, 2.05) is 0 Å². The van der Waals surface area contributed by atoms with Crippen molar-refractivity contribution in [3.8, 4) is 0 Å². The molecular formula is C16H17N7O4. The third kappa shape index (κ3) is 5.86. The molecule has 4 amide bonds. The Hall–Kier alpha value is -3.86. The molecule has 2 aromatic rings. The lowest BCUT2D eigenvalue weighted by Crippen LogP contribution is -2.39. The van der Waals surface area contributed by atoms with Gasteiger partial charge in [-0.25, -0.2) is 9.97 Å². The largest absolute Gasteiger partial charge is 0.366 e. The second kappa shape index (κ2) is 9.01. The van der Waals surface area contributed by atoms with Gasteiger partial charge in [0.15, 0.2) is 0 Å². The molecule has 0 spiro atoms. The van der Waals surface area contributed by atoms with Gasteiger partial charge in [-0.2, -0.15) is 0 Å².